The Bertz CT molecular complexity index is 549. The van der Waals surface area contributed by atoms with Crippen LogP contribution in [-0.4, -0.2) is 41.1 Å². The molecule has 0 atom stereocenters. The Balaban J connectivity index is 1.56. The number of carbonyl (C=O) groups excluding carboxylic acids is 1. The smallest absolute Gasteiger partial charge is 0.238 e. The van der Waals surface area contributed by atoms with E-state index in [1.54, 1.807) is 0 Å². The molecule has 0 aromatic heterocycles. The van der Waals surface area contributed by atoms with Crippen LogP contribution < -0.4 is 5.32 Å². The van der Waals surface area contributed by atoms with E-state index >= 15 is 0 Å². The normalized spacial score (nSPS) is 21.0. The lowest BCUT2D eigenvalue weighted by Crippen LogP contribution is -2.64. The zero-order valence-electron chi connectivity index (χ0n) is 13.1. The van der Waals surface area contributed by atoms with Crippen LogP contribution >= 0.6 is 0 Å². The summed E-state index contributed by atoms with van der Waals surface area (Å²) >= 11 is 0. The Kier molecular flexibility index (Phi) is 3.54. The van der Waals surface area contributed by atoms with Gasteiger partial charge in [0.25, 0.3) is 0 Å². The van der Waals surface area contributed by atoms with Gasteiger partial charge in [-0.25, -0.2) is 0 Å². The molecular formula is C17H24N2O2. The van der Waals surface area contributed by atoms with E-state index in [4.69, 9.17) is 0 Å². The third-order valence-electron chi connectivity index (χ3n) is 4.64. The summed E-state index contributed by atoms with van der Waals surface area (Å²) in [6, 6.07) is 4.16. The van der Waals surface area contributed by atoms with E-state index in [9.17, 15) is 9.90 Å². The number of anilines is 1. The molecule has 0 radical (unpaired) electrons. The molecule has 1 aliphatic heterocycles. The van der Waals surface area contributed by atoms with Crippen LogP contribution in [0.5, 0.6) is 0 Å². The Labute approximate surface area is 126 Å². The van der Waals surface area contributed by atoms with Crippen molar-refractivity contribution in [1.29, 1.82) is 0 Å². The molecule has 3 rings (SSSR count). The predicted molar refractivity (Wildman–Crippen MR) is 83.4 cm³/mol. The van der Waals surface area contributed by atoms with E-state index in [0.717, 1.165) is 29.7 Å². The van der Waals surface area contributed by atoms with Crippen molar-refractivity contribution >= 4 is 11.6 Å². The van der Waals surface area contributed by atoms with Crippen molar-refractivity contribution in [3.63, 3.8) is 0 Å². The highest BCUT2D eigenvalue weighted by Gasteiger charge is 2.51. The number of carbonyl (C=O) groups is 1. The van der Waals surface area contributed by atoms with E-state index in [2.05, 4.69) is 24.4 Å². The van der Waals surface area contributed by atoms with Crippen molar-refractivity contribution in [3.05, 3.63) is 28.8 Å². The molecule has 4 heteroatoms. The zero-order valence-corrected chi connectivity index (χ0v) is 13.1. The van der Waals surface area contributed by atoms with E-state index in [1.807, 2.05) is 18.7 Å². The number of nitrogens with one attached hydrogen (secondary N) is 1. The van der Waals surface area contributed by atoms with Gasteiger partial charge >= 0.3 is 0 Å². The highest BCUT2D eigenvalue weighted by atomic mass is 16.3. The van der Waals surface area contributed by atoms with Gasteiger partial charge in [0, 0.05) is 18.8 Å². The number of aryl methyl sites for hydroxylation is 3. The first-order chi connectivity index (χ1) is 9.87. The minimum Gasteiger partial charge on any atom is -0.387 e. The number of β-amino-alcohol motifs (C(OH)–C–C–N with tert-alkyl or cyclic N) is 1. The second-order valence-electron chi connectivity index (χ2n) is 6.84. The first-order valence-corrected chi connectivity index (χ1v) is 7.70. The second kappa shape index (κ2) is 5.11. The van der Waals surface area contributed by atoms with Crippen molar-refractivity contribution in [2.24, 2.45) is 5.92 Å². The molecule has 1 aromatic carbocycles. The zero-order chi connectivity index (χ0) is 15.2. The van der Waals surface area contributed by atoms with Gasteiger partial charge in [-0.2, -0.15) is 0 Å². The fraction of sp³-hybridized carbons (Fsp3) is 0.588. The van der Waals surface area contributed by atoms with E-state index < -0.39 is 5.60 Å². The number of hydrogen-bond donors (Lipinski definition) is 2. The molecule has 2 N–H and O–H groups in total. The molecule has 1 aliphatic carbocycles. The number of amides is 1. The minimum absolute atomic E-state index is 0.00269. The average molecular weight is 288 g/mol. The van der Waals surface area contributed by atoms with Crippen molar-refractivity contribution in [1.82, 2.24) is 4.90 Å². The van der Waals surface area contributed by atoms with Crippen LogP contribution in [0.1, 0.15) is 29.5 Å². The summed E-state index contributed by atoms with van der Waals surface area (Å²) in [5.74, 6) is 0.473. The molecule has 1 amide bonds. The third-order valence-corrected chi connectivity index (χ3v) is 4.64. The number of nitrogens with zero attached hydrogens (tertiary/aromatic N) is 1. The largest absolute Gasteiger partial charge is 0.387 e. The van der Waals surface area contributed by atoms with Gasteiger partial charge in [-0.05, 0) is 50.7 Å². The average Bonchev–Trinajstić information content (AvgIpc) is 3.15. The molecule has 2 fully saturated rings. The van der Waals surface area contributed by atoms with E-state index in [1.165, 1.54) is 5.56 Å². The van der Waals surface area contributed by atoms with Crippen LogP contribution in [-0.2, 0) is 4.79 Å². The number of likely N-dealkylation sites (tertiary alicyclic amines) is 1. The van der Waals surface area contributed by atoms with E-state index in [0.29, 0.717) is 25.6 Å². The Morgan fingerprint density at radius 1 is 1.29 bits per heavy atom. The predicted octanol–water partition coefficient (Wildman–Crippen LogP) is 2.01. The van der Waals surface area contributed by atoms with Gasteiger partial charge in [-0.3, -0.25) is 9.69 Å². The Hall–Kier alpha value is -1.39. The van der Waals surface area contributed by atoms with Crippen LogP contribution in [0.15, 0.2) is 12.1 Å². The molecule has 0 unspecified atom stereocenters. The fourth-order valence-corrected chi connectivity index (χ4v) is 3.48. The summed E-state index contributed by atoms with van der Waals surface area (Å²) < 4.78 is 0. The van der Waals surface area contributed by atoms with Crippen LogP contribution in [0.2, 0.25) is 0 Å². The quantitative estimate of drug-likeness (QED) is 0.891. The van der Waals surface area contributed by atoms with Gasteiger partial charge < -0.3 is 10.4 Å². The summed E-state index contributed by atoms with van der Waals surface area (Å²) in [5, 5.41) is 13.3. The molecule has 0 spiro atoms. The lowest BCUT2D eigenvalue weighted by Gasteiger charge is -2.46. The molecule has 0 bridgehead atoms. The third kappa shape index (κ3) is 2.97. The second-order valence-corrected chi connectivity index (χ2v) is 6.84. The maximum Gasteiger partial charge on any atom is 0.238 e. The van der Waals surface area contributed by atoms with Crippen molar-refractivity contribution < 1.29 is 9.90 Å². The van der Waals surface area contributed by atoms with Gasteiger partial charge in [0.2, 0.25) is 5.91 Å². The summed E-state index contributed by atoms with van der Waals surface area (Å²) in [5.41, 5.74) is 3.80. The molecule has 2 aliphatic rings. The molecule has 1 heterocycles. The van der Waals surface area contributed by atoms with Gasteiger partial charge in [0.15, 0.2) is 0 Å². The molecule has 1 aromatic rings. The molecule has 114 valence electrons. The summed E-state index contributed by atoms with van der Waals surface area (Å²) in [6.07, 6.45) is 2.27. The lowest BCUT2D eigenvalue weighted by atomic mass is 9.89. The summed E-state index contributed by atoms with van der Waals surface area (Å²) in [7, 11) is 0. The summed E-state index contributed by atoms with van der Waals surface area (Å²) in [6.45, 7) is 7.73. The van der Waals surface area contributed by atoms with Gasteiger partial charge in [0.1, 0.15) is 0 Å². The minimum atomic E-state index is -0.518. The molecule has 1 saturated carbocycles. The van der Waals surface area contributed by atoms with Crippen LogP contribution in [0.4, 0.5) is 5.69 Å². The first kappa shape index (κ1) is 14.5. The molecule has 1 saturated heterocycles. The maximum absolute atomic E-state index is 12.2. The van der Waals surface area contributed by atoms with Gasteiger partial charge in [0.05, 0.1) is 12.1 Å². The summed E-state index contributed by atoms with van der Waals surface area (Å²) in [4.78, 5) is 14.2. The number of benzene rings is 1. The molecular weight excluding hydrogens is 264 g/mol. The highest BCUT2D eigenvalue weighted by molar-refractivity contribution is 5.93. The molecule has 21 heavy (non-hydrogen) atoms. The van der Waals surface area contributed by atoms with Crippen LogP contribution in [0, 0.1) is 26.7 Å². The van der Waals surface area contributed by atoms with Crippen LogP contribution in [0.3, 0.4) is 0 Å². The number of hydrogen-bond acceptors (Lipinski definition) is 3. The highest BCUT2D eigenvalue weighted by Crippen LogP contribution is 2.44. The topological polar surface area (TPSA) is 52.6 Å². The number of rotatable bonds is 4. The van der Waals surface area contributed by atoms with E-state index in [-0.39, 0.29) is 5.91 Å². The lowest BCUT2D eigenvalue weighted by molar-refractivity contribution is -0.132. The van der Waals surface area contributed by atoms with Crippen molar-refractivity contribution in [2.45, 2.75) is 39.2 Å². The Morgan fingerprint density at radius 3 is 2.38 bits per heavy atom. The standard InChI is InChI=1S/C17H24N2O2/c1-11-6-12(2)16(13(3)7-11)18-15(20)8-19-9-17(21,10-19)14-4-5-14/h6-7,14,21H,4-5,8-10H2,1-3H3,(H,18,20). The molecule has 4 nitrogen and oxygen atoms in total. The number of aliphatic hydroxyl groups is 1. The monoisotopic (exact) mass is 288 g/mol. The maximum atomic E-state index is 12.2. The van der Waals surface area contributed by atoms with Crippen molar-refractivity contribution in [3.8, 4) is 0 Å². The Morgan fingerprint density at radius 2 is 1.86 bits per heavy atom. The first-order valence-electron chi connectivity index (χ1n) is 7.70. The SMILES string of the molecule is Cc1cc(C)c(NC(=O)CN2CC(O)(C3CC3)C2)c(C)c1. The van der Waals surface area contributed by atoms with Crippen LogP contribution in [0.25, 0.3) is 0 Å². The van der Waals surface area contributed by atoms with Gasteiger partial charge in [-0.15, -0.1) is 0 Å². The van der Waals surface area contributed by atoms with Crippen molar-refractivity contribution in [2.75, 3.05) is 25.0 Å². The fourth-order valence-electron chi connectivity index (χ4n) is 3.48. The van der Waals surface area contributed by atoms with Gasteiger partial charge in [-0.1, -0.05) is 17.7 Å².